The first-order valence-electron chi connectivity index (χ1n) is 13.5. The molecule has 40 heavy (non-hydrogen) atoms. The second kappa shape index (κ2) is 11.7. The van der Waals surface area contributed by atoms with Gasteiger partial charge in [-0.1, -0.05) is 121 Å². The Balaban J connectivity index is 1.33. The van der Waals surface area contributed by atoms with E-state index in [9.17, 15) is 4.79 Å². The Bertz CT molecular complexity index is 1490. The fourth-order valence-corrected chi connectivity index (χ4v) is 4.92. The van der Waals surface area contributed by atoms with Crippen molar-refractivity contribution in [2.45, 2.75) is 12.8 Å². The molecule has 6 aromatic rings. The number of benzene rings is 4. The predicted octanol–water partition coefficient (Wildman–Crippen LogP) is 8.50. The summed E-state index contributed by atoms with van der Waals surface area (Å²) in [5, 5.41) is 0. The zero-order chi connectivity index (χ0) is 27.1. The number of carbonyl (C=O) groups excluding carboxylic acids is 1. The highest BCUT2D eigenvalue weighted by atomic mass is 16.1. The molecule has 2 aromatic heterocycles. The predicted molar refractivity (Wildman–Crippen MR) is 163 cm³/mol. The lowest BCUT2D eigenvalue weighted by atomic mass is 9.97. The molecule has 6 rings (SSSR count). The molecule has 0 amide bonds. The van der Waals surface area contributed by atoms with Crippen LogP contribution in [0, 0.1) is 0 Å². The summed E-state index contributed by atoms with van der Waals surface area (Å²) in [5.74, 6) is 0.147. The van der Waals surface area contributed by atoms with Crippen LogP contribution in [0.15, 0.2) is 146 Å². The number of carbonyl (C=O) groups is 1. The third-order valence-corrected chi connectivity index (χ3v) is 6.85. The monoisotopic (exact) mass is 516 g/mol. The number of aromatic nitrogens is 2. The molecule has 3 heteroatoms. The number of ketones is 1. The largest absolute Gasteiger partial charge is 0.299 e. The van der Waals surface area contributed by atoms with E-state index in [4.69, 9.17) is 9.97 Å². The Morgan fingerprint density at radius 3 is 0.900 bits per heavy atom. The first-order valence-corrected chi connectivity index (χ1v) is 13.5. The van der Waals surface area contributed by atoms with Crippen LogP contribution in [0.5, 0.6) is 0 Å². The summed E-state index contributed by atoms with van der Waals surface area (Å²) < 4.78 is 0. The van der Waals surface area contributed by atoms with E-state index in [1.54, 1.807) is 0 Å². The second-order valence-electron chi connectivity index (χ2n) is 9.85. The standard InChI is InChI=1S/C37H28N2O/c40-33(21-27-23-34(29-13-5-1-6-14-29)38-35(24-27)30-15-7-2-8-16-30)22-28-25-36(31-17-9-3-10-18-31)39-37(26-28)32-19-11-4-12-20-32/h1-20,23-26H,21-22H2. The number of hydrogen-bond donors (Lipinski definition) is 0. The molecule has 0 N–H and O–H groups in total. The highest BCUT2D eigenvalue weighted by Crippen LogP contribution is 2.27. The summed E-state index contributed by atoms with van der Waals surface area (Å²) in [6.45, 7) is 0. The van der Waals surface area contributed by atoms with Crippen molar-refractivity contribution in [3.05, 3.63) is 157 Å². The zero-order valence-corrected chi connectivity index (χ0v) is 22.1. The lowest BCUT2D eigenvalue weighted by Crippen LogP contribution is -2.08. The maximum Gasteiger partial charge on any atom is 0.141 e. The van der Waals surface area contributed by atoms with Gasteiger partial charge in [-0.2, -0.15) is 0 Å². The van der Waals surface area contributed by atoms with Gasteiger partial charge in [-0.15, -0.1) is 0 Å². The minimum absolute atomic E-state index is 0.147. The van der Waals surface area contributed by atoms with E-state index in [0.29, 0.717) is 12.8 Å². The van der Waals surface area contributed by atoms with E-state index >= 15 is 0 Å². The molecule has 0 radical (unpaired) electrons. The minimum atomic E-state index is 0.147. The van der Waals surface area contributed by atoms with Gasteiger partial charge in [-0.25, -0.2) is 9.97 Å². The van der Waals surface area contributed by atoms with Crippen LogP contribution in [0.1, 0.15) is 11.1 Å². The first-order chi connectivity index (χ1) is 19.7. The van der Waals surface area contributed by atoms with Crippen LogP contribution in [-0.4, -0.2) is 15.8 Å². The smallest absolute Gasteiger partial charge is 0.141 e. The van der Waals surface area contributed by atoms with Crippen LogP contribution < -0.4 is 0 Å². The molecule has 0 saturated heterocycles. The number of nitrogens with zero attached hydrogens (tertiary/aromatic N) is 2. The van der Waals surface area contributed by atoms with Crippen LogP contribution in [0.3, 0.4) is 0 Å². The lowest BCUT2D eigenvalue weighted by Gasteiger charge is -2.11. The van der Waals surface area contributed by atoms with Gasteiger partial charge in [0.05, 0.1) is 22.8 Å². The van der Waals surface area contributed by atoms with Gasteiger partial charge in [0.25, 0.3) is 0 Å². The number of hydrogen-bond acceptors (Lipinski definition) is 3. The van der Waals surface area contributed by atoms with Gasteiger partial charge in [0.2, 0.25) is 0 Å². The average Bonchev–Trinajstić information content (AvgIpc) is 3.02. The molecular formula is C37H28N2O. The van der Waals surface area contributed by atoms with Crippen molar-refractivity contribution in [2.75, 3.05) is 0 Å². The summed E-state index contributed by atoms with van der Waals surface area (Å²) in [4.78, 5) is 23.4. The summed E-state index contributed by atoms with van der Waals surface area (Å²) in [5.41, 5.74) is 9.50. The zero-order valence-electron chi connectivity index (χ0n) is 22.1. The number of rotatable bonds is 8. The van der Waals surface area contributed by atoms with Gasteiger partial charge in [0, 0.05) is 35.1 Å². The first kappa shape index (κ1) is 25.1. The molecule has 0 fully saturated rings. The molecule has 0 bridgehead atoms. The SMILES string of the molecule is O=C(Cc1cc(-c2ccccc2)nc(-c2ccccc2)c1)Cc1cc(-c2ccccc2)nc(-c2ccccc2)c1. The molecule has 192 valence electrons. The van der Waals surface area contributed by atoms with Crippen molar-refractivity contribution in [3.8, 4) is 45.0 Å². The molecule has 0 aliphatic heterocycles. The second-order valence-corrected chi connectivity index (χ2v) is 9.85. The van der Waals surface area contributed by atoms with Gasteiger partial charge in [-0.3, -0.25) is 4.79 Å². The molecule has 0 aliphatic rings. The van der Waals surface area contributed by atoms with Crippen LogP contribution in [0.25, 0.3) is 45.0 Å². The van der Waals surface area contributed by atoms with Gasteiger partial charge >= 0.3 is 0 Å². The van der Waals surface area contributed by atoms with Crippen molar-refractivity contribution < 1.29 is 4.79 Å². The highest BCUT2D eigenvalue weighted by molar-refractivity contribution is 5.85. The number of Topliss-reactive ketones (excluding diaryl/α,β-unsaturated/α-hetero) is 1. The Labute approximate surface area is 234 Å². The molecule has 0 spiro atoms. The van der Waals surface area contributed by atoms with Crippen molar-refractivity contribution in [2.24, 2.45) is 0 Å². The topological polar surface area (TPSA) is 42.9 Å². The van der Waals surface area contributed by atoms with Crippen LogP contribution in [0.4, 0.5) is 0 Å². The van der Waals surface area contributed by atoms with E-state index in [0.717, 1.165) is 56.2 Å². The maximum atomic E-state index is 13.5. The van der Waals surface area contributed by atoms with Crippen LogP contribution in [-0.2, 0) is 17.6 Å². The molecular weight excluding hydrogens is 488 g/mol. The Morgan fingerprint density at radius 1 is 0.400 bits per heavy atom. The van der Waals surface area contributed by atoms with Gasteiger partial charge in [-0.05, 0) is 35.4 Å². The fourth-order valence-electron chi connectivity index (χ4n) is 4.92. The van der Waals surface area contributed by atoms with Gasteiger partial charge < -0.3 is 0 Å². The minimum Gasteiger partial charge on any atom is -0.299 e. The molecule has 2 heterocycles. The van der Waals surface area contributed by atoms with E-state index in [-0.39, 0.29) is 5.78 Å². The van der Waals surface area contributed by atoms with Crippen molar-refractivity contribution >= 4 is 5.78 Å². The highest BCUT2D eigenvalue weighted by Gasteiger charge is 2.13. The molecule has 3 nitrogen and oxygen atoms in total. The molecule has 0 atom stereocenters. The molecule has 4 aromatic carbocycles. The van der Waals surface area contributed by atoms with E-state index < -0.39 is 0 Å². The Hall–Kier alpha value is -5.15. The van der Waals surface area contributed by atoms with Crippen LogP contribution >= 0.6 is 0 Å². The average molecular weight is 517 g/mol. The summed E-state index contributed by atoms with van der Waals surface area (Å²) in [6, 6.07) is 48.6. The molecule has 0 aliphatic carbocycles. The lowest BCUT2D eigenvalue weighted by molar-refractivity contribution is -0.117. The van der Waals surface area contributed by atoms with E-state index in [1.165, 1.54) is 0 Å². The van der Waals surface area contributed by atoms with Crippen molar-refractivity contribution in [1.29, 1.82) is 0 Å². The molecule has 0 unspecified atom stereocenters. The number of pyridine rings is 2. The van der Waals surface area contributed by atoms with Crippen molar-refractivity contribution in [1.82, 2.24) is 9.97 Å². The Kier molecular flexibility index (Phi) is 7.36. The third-order valence-electron chi connectivity index (χ3n) is 6.85. The van der Waals surface area contributed by atoms with Crippen molar-refractivity contribution in [3.63, 3.8) is 0 Å². The summed E-state index contributed by atoms with van der Waals surface area (Å²) >= 11 is 0. The maximum absolute atomic E-state index is 13.5. The van der Waals surface area contributed by atoms with E-state index in [2.05, 4.69) is 48.5 Å². The van der Waals surface area contributed by atoms with Gasteiger partial charge in [0.15, 0.2) is 0 Å². The van der Waals surface area contributed by atoms with Gasteiger partial charge in [0.1, 0.15) is 5.78 Å². The molecule has 0 saturated carbocycles. The quantitative estimate of drug-likeness (QED) is 0.204. The van der Waals surface area contributed by atoms with E-state index in [1.807, 2.05) is 97.1 Å². The summed E-state index contributed by atoms with van der Waals surface area (Å²) in [7, 11) is 0. The third kappa shape index (κ3) is 5.95. The normalized spacial score (nSPS) is 10.8. The fraction of sp³-hybridized carbons (Fsp3) is 0.0541. The summed E-state index contributed by atoms with van der Waals surface area (Å²) in [6.07, 6.45) is 0.650. The Morgan fingerprint density at radius 2 is 0.650 bits per heavy atom. The van der Waals surface area contributed by atoms with Crippen LogP contribution in [0.2, 0.25) is 0 Å².